The number of hydrogen-bond donors (Lipinski definition) is 1. The molecular formula is C17H24N2O5. The van der Waals surface area contributed by atoms with Crippen LogP contribution < -0.4 is 20.3 Å². The van der Waals surface area contributed by atoms with Crippen LogP contribution in [-0.2, 0) is 20.7 Å². The highest BCUT2D eigenvalue weighted by Crippen LogP contribution is 2.40. The highest BCUT2D eigenvalue weighted by atomic mass is 16.6. The maximum Gasteiger partial charge on any atom is 0.312 e. The average molecular weight is 336 g/mol. The number of carbonyl (C=O) groups excluding carboxylic acids is 2. The van der Waals surface area contributed by atoms with Gasteiger partial charge in [-0.2, -0.15) is 0 Å². The number of anilines is 1. The van der Waals surface area contributed by atoms with Gasteiger partial charge in [-0.1, -0.05) is 0 Å². The van der Waals surface area contributed by atoms with Crippen molar-refractivity contribution in [3.05, 3.63) is 17.7 Å². The summed E-state index contributed by atoms with van der Waals surface area (Å²) in [4.78, 5) is 24.0. The minimum absolute atomic E-state index is 0.335. The smallest absolute Gasteiger partial charge is 0.312 e. The van der Waals surface area contributed by atoms with Gasteiger partial charge in [-0.3, -0.25) is 9.80 Å². The topological polar surface area (TPSA) is 91.1 Å². The summed E-state index contributed by atoms with van der Waals surface area (Å²) in [5, 5.41) is 1.29. The minimum atomic E-state index is -0.801. The Balaban J connectivity index is 2.43. The van der Waals surface area contributed by atoms with E-state index in [1.807, 2.05) is 0 Å². The number of esters is 1. The molecule has 0 saturated carbocycles. The summed E-state index contributed by atoms with van der Waals surface area (Å²) in [5.41, 5.74) is 0.788. The zero-order valence-electron chi connectivity index (χ0n) is 14.7. The summed E-state index contributed by atoms with van der Waals surface area (Å²) < 4.78 is 16.0. The Morgan fingerprint density at radius 3 is 2.33 bits per heavy atom. The van der Waals surface area contributed by atoms with Gasteiger partial charge in [0.1, 0.15) is 17.9 Å². The first-order valence-corrected chi connectivity index (χ1v) is 7.68. The molecule has 1 aliphatic heterocycles. The first kappa shape index (κ1) is 18.1. The van der Waals surface area contributed by atoms with E-state index >= 15 is 0 Å². The summed E-state index contributed by atoms with van der Waals surface area (Å²) in [6.45, 7) is 5.35. The van der Waals surface area contributed by atoms with Gasteiger partial charge in [-0.25, -0.2) is 5.84 Å². The molecule has 0 saturated heterocycles. The molecule has 1 aromatic rings. The second-order valence-corrected chi connectivity index (χ2v) is 6.71. The van der Waals surface area contributed by atoms with Crippen LogP contribution in [-0.4, -0.2) is 38.1 Å². The van der Waals surface area contributed by atoms with E-state index in [0.717, 1.165) is 5.56 Å². The van der Waals surface area contributed by atoms with Crippen molar-refractivity contribution in [2.75, 3.05) is 19.2 Å². The predicted molar refractivity (Wildman–Crippen MR) is 89.1 cm³/mol. The average Bonchev–Trinajstić information content (AvgIpc) is 2.51. The fourth-order valence-electron chi connectivity index (χ4n) is 2.79. The zero-order chi connectivity index (χ0) is 18.1. The highest BCUT2D eigenvalue weighted by Gasteiger charge is 2.40. The number of hydrogen-bond acceptors (Lipinski definition) is 7. The van der Waals surface area contributed by atoms with Crippen LogP contribution in [0.2, 0.25) is 0 Å². The van der Waals surface area contributed by atoms with E-state index in [-0.39, 0.29) is 0 Å². The first-order valence-electron chi connectivity index (χ1n) is 7.68. The van der Waals surface area contributed by atoms with Gasteiger partial charge in [0.2, 0.25) is 0 Å². The second-order valence-electron chi connectivity index (χ2n) is 6.71. The molecule has 2 N–H and O–H groups in total. The standard InChI is InChI=1S/C17H24N2O5/c1-17(2,3)24-16(21)11-6-10-7-14(22-4)15(23-5)8-12(10)19(18)13(11)9-20/h7-9,11,13H,6,18H2,1-5H3. The zero-order valence-corrected chi connectivity index (χ0v) is 14.7. The number of ether oxygens (including phenoxy) is 3. The summed E-state index contributed by atoms with van der Waals surface area (Å²) >= 11 is 0. The third kappa shape index (κ3) is 3.46. The molecule has 7 heteroatoms. The number of carbonyl (C=O) groups is 2. The van der Waals surface area contributed by atoms with Crippen molar-refractivity contribution in [2.45, 2.75) is 38.8 Å². The molecule has 2 rings (SSSR count). The minimum Gasteiger partial charge on any atom is -0.493 e. The lowest BCUT2D eigenvalue weighted by atomic mass is 9.86. The molecule has 2 atom stereocenters. The summed E-state index contributed by atoms with van der Waals surface area (Å²) in [5.74, 6) is 6.02. The van der Waals surface area contributed by atoms with Crippen LogP contribution in [0.4, 0.5) is 5.69 Å². The van der Waals surface area contributed by atoms with Crippen LogP contribution in [0.5, 0.6) is 11.5 Å². The number of hydrazine groups is 1. The van der Waals surface area contributed by atoms with E-state index in [1.165, 1.54) is 19.2 Å². The Bertz CT molecular complexity index is 639. The Kier molecular flexibility index (Phi) is 5.03. The van der Waals surface area contributed by atoms with Gasteiger partial charge in [-0.15, -0.1) is 0 Å². The maximum absolute atomic E-state index is 12.5. The van der Waals surface area contributed by atoms with Crippen LogP contribution in [0.25, 0.3) is 0 Å². The molecule has 7 nitrogen and oxygen atoms in total. The molecule has 24 heavy (non-hydrogen) atoms. The summed E-state index contributed by atoms with van der Waals surface area (Å²) in [6.07, 6.45) is 1.01. The monoisotopic (exact) mass is 336 g/mol. The molecule has 0 amide bonds. The van der Waals surface area contributed by atoms with Crippen LogP contribution in [0.15, 0.2) is 12.1 Å². The number of nitrogens with zero attached hydrogens (tertiary/aromatic N) is 1. The lowest BCUT2D eigenvalue weighted by Crippen LogP contribution is -2.53. The molecule has 0 aliphatic carbocycles. The fourth-order valence-corrected chi connectivity index (χ4v) is 2.79. The van der Waals surface area contributed by atoms with Gasteiger partial charge < -0.3 is 19.0 Å². The quantitative estimate of drug-likeness (QED) is 0.506. The first-order chi connectivity index (χ1) is 11.2. The molecule has 0 spiro atoms. The molecule has 0 radical (unpaired) electrons. The normalized spacial score (nSPS) is 20.2. The molecule has 132 valence electrons. The number of rotatable bonds is 4. The van der Waals surface area contributed by atoms with Crippen LogP contribution in [0.3, 0.4) is 0 Å². The Hall–Kier alpha value is -2.28. The van der Waals surface area contributed by atoms with E-state index in [1.54, 1.807) is 32.9 Å². The fraction of sp³-hybridized carbons (Fsp3) is 0.529. The number of benzene rings is 1. The maximum atomic E-state index is 12.5. The van der Waals surface area contributed by atoms with E-state index in [0.29, 0.717) is 29.9 Å². The lowest BCUT2D eigenvalue weighted by Gasteiger charge is -2.38. The van der Waals surface area contributed by atoms with Gasteiger partial charge in [-0.05, 0) is 38.8 Å². The van der Waals surface area contributed by atoms with Gasteiger partial charge in [0, 0.05) is 6.07 Å². The molecule has 1 aromatic carbocycles. The molecular weight excluding hydrogens is 312 g/mol. The Morgan fingerprint density at radius 2 is 1.83 bits per heavy atom. The van der Waals surface area contributed by atoms with Crippen LogP contribution >= 0.6 is 0 Å². The predicted octanol–water partition coefficient (Wildman–Crippen LogP) is 1.47. The van der Waals surface area contributed by atoms with Crippen molar-refractivity contribution in [1.29, 1.82) is 0 Å². The third-order valence-corrected chi connectivity index (χ3v) is 3.89. The summed E-state index contributed by atoms with van der Waals surface area (Å²) in [7, 11) is 3.06. The highest BCUT2D eigenvalue weighted by molar-refractivity contribution is 5.84. The number of methoxy groups -OCH3 is 2. The largest absolute Gasteiger partial charge is 0.493 e. The van der Waals surface area contributed by atoms with Crippen molar-refractivity contribution < 1.29 is 23.8 Å². The van der Waals surface area contributed by atoms with Gasteiger partial charge in [0.25, 0.3) is 0 Å². The molecule has 0 aromatic heterocycles. The molecule has 2 unspecified atom stereocenters. The van der Waals surface area contributed by atoms with Crippen LogP contribution in [0, 0.1) is 5.92 Å². The Morgan fingerprint density at radius 1 is 1.25 bits per heavy atom. The van der Waals surface area contributed by atoms with Crippen molar-refractivity contribution in [3.8, 4) is 11.5 Å². The Labute approximate surface area is 141 Å². The van der Waals surface area contributed by atoms with E-state index < -0.39 is 23.5 Å². The van der Waals surface area contributed by atoms with Crippen molar-refractivity contribution in [2.24, 2.45) is 11.8 Å². The third-order valence-electron chi connectivity index (χ3n) is 3.89. The van der Waals surface area contributed by atoms with Crippen LogP contribution in [0.1, 0.15) is 26.3 Å². The summed E-state index contributed by atoms with van der Waals surface area (Å²) in [6, 6.07) is 2.67. The van der Waals surface area contributed by atoms with E-state index in [9.17, 15) is 9.59 Å². The molecule has 1 aliphatic rings. The molecule has 0 bridgehead atoms. The lowest BCUT2D eigenvalue weighted by molar-refractivity contribution is -0.161. The van der Waals surface area contributed by atoms with Crippen molar-refractivity contribution >= 4 is 17.9 Å². The number of fused-ring (bicyclic) bond motifs is 1. The van der Waals surface area contributed by atoms with Gasteiger partial charge in [0.15, 0.2) is 11.5 Å². The van der Waals surface area contributed by atoms with Gasteiger partial charge >= 0.3 is 5.97 Å². The van der Waals surface area contributed by atoms with Crippen molar-refractivity contribution in [1.82, 2.24) is 0 Å². The SMILES string of the molecule is COc1cc2c(cc1OC)N(N)C(C=O)C(C(=O)OC(C)(C)C)C2. The number of aldehydes is 1. The van der Waals surface area contributed by atoms with Crippen molar-refractivity contribution in [3.63, 3.8) is 0 Å². The molecule has 0 fully saturated rings. The second kappa shape index (κ2) is 6.68. The molecule has 1 heterocycles. The van der Waals surface area contributed by atoms with E-state index in [2.05, 4.69) is 0 Å². The number of nitrogens with two attached hydrogens (primary N) is 1. The van der Waals surface area contributed by atoms with Gasteiger partial charge in [0.05, 0.1) is 25.8 Å². The van der Waals surface area contributed by atoms with E-state index in [4.69, 9.17) is 20.1 Å².